The second-order valence-electron chi connectivity index (χ2n) is 4.98. The van der Waals surface area contributed by atoms with Gasteiger partial charge in [0.25, 0.3) is 0 Å². The highest BCUT2D eigenvalue weighted by atomic mass is 15.1. The third-order valence-corrected chi connectivity index (χ3v) is 3.09. The zero-order valence-electron chi connectivity index (χ0n) is 10.8. The van der Waals surface area contributed by atoms with Crippen LogP contribution in [-0.2, 0) is 6.54 Å². The van der Waals surface area contributed by atoms with Crippen molar-refractivity contribution in [2.45, 2.75) is 33.2 Å². The molecule has 0 saturated heterocycles. The van der Waals surface area contributed by atoms with Gasteiger partial charge in [-0.05, 0) is 44.0 Å². The Hall–Kier alpha value is -1.50. The summed E-state index contributed by atoms with van der Waals surface area (Å²) in [5, 5.41) is 0. The standard InChI is InChI=1S/C16H21N/c1-14(2)8-9-16-10-11-17(13-16)12-15-6-4-3-5-7-15/h3-8,13H,9-12H2,1-2H3. The Kier molecular flexibility index (Phi) is 4.03. The maximum Gasteiger partial charge on any atom is 0.0424 e. The number of rotatable bonds is 4. The molecule has 1 heteroatoms. The summed E-state index contributed by atoms with van der Waals surface area (Å²) in [6.45, 7) is 6.54. The van der Waals surface area contributed by atoms with Gasteiger partial charge in [-0.2, -0.15) is 0 Å². The molecule has 0 radical (unpaired) electrons. The van der Waals surface area contributed by atoms with Crippen molar-refractivity contribution in [1.82, 2.24) is 4.90 Å². The van der Waals surface area contributed by atoms with Gasteiger partial charge >= 0.3 is 0 Å². The molecule has 0 spiro atoms. The van der Waals surface area contributed by atoms with Crippen LogP contribution in [0.1, 0.15) is 32.3 Å². The van der Waals surface area contributed by atoms with Crippen LogP contribution in [0.3, 0.4) is 0 Å². The van der Waals surface area contributed by atoms with E-state index in [2.05, 4.69) is 61.4 Å². The van der Waals surface area contributed by atoms with Crippen molar-refractivity contribution in [3.05, 3.63) is 59.3 Å². The molecule has 0 aliphatic carbocycles. The summed E-state index contributed by atoms with van der Waals surface area (Å²) in [6.07, 6.45) is 6.99. The fourth-order valence-corrected chi connectivity index (χ4v) is 2.11. The quantitative estimate of drug-likeness (QED) is 0.699. The van der Waals surface area contributed by atoms with E-state index in [1.807, 2.05) is 0 Å². The van der Waals surface area contributed by atoms with Crippen LogP contribution in [0.4, 0.5) is 0 Å². The van der Waals surface area contributed by atoms with E-state index < -0.39 is 0 Å². The highest BCUT2D eigenvalue weighted by Gasteiger charge is 2.11. The molecule has 0 unspecified atom stereocenters. The lowest BCUT2D eigenvalue weighted by atomic mass is 10.1. The van der Waals surface area contributed by atoms with Gasteiger partial charge in [0.1, 0.15) is 0 Å². The number of hydrogen-bond acceptors (Lipinski definition) is 1. The van der Waals surface area contributed by atoms with Crippen molar-refractivity contribution in [2.24, 2.45) is 0 Å². The topological polar surface area (TPSA) is 3.24 Å². The van der Waals surface area contributed by atoms with E-state index in [0.29, 0.717) is 0 Å². The summed E-state index contributed by atoms with van der Waals surface area (Å²) in [6, 6.07) is 10.7. The van der Waals surface area contributed by atoms with Crippen LogP contribution in [0.5, 0.6) is 0 Å². The summed E-state index contributed by atoms with van der Waals surface area (Å²) in [5.74, 6) is 0. The summed E-state index contributed by atoms with van der Waals surface area (Å²) in [4.78, 5) is 2.42. The minimum atomic E-state index is 1.04. The summed E-state index contributed by atoms with van der Waals surface area (Å²) in [5.41, 5.74) is 4.36. The van der Waals surface area contributed by atoms with Gasteiger partial charge < -0.3 is 4.90 Å². The van der Waals surface area contributed by atoms with E-state index in [9.17, 15) is 0 Å². The van der Waals surface area contributed by atoms with Crippen LogP contribution in [0.15, 0.2) is 53.8 Å². The Morgan fingerprint density at radius 2 is 2.00 bits per heavy atom. The first-order valence-corrected chi connectivity index (χ1v) is 6.35. The molecule has 0 N–H and O–H groups in total. The highest BCUT2D eigenvalue weighted by molar-refractivity contribution is 5.18. The SMILES string of the molecule is CC(C)=CCC1=CN(Cc2ccccc2)CC1. The lowest BCUT2D eigenvalue weighted by molar-refractivity contribution is 0.400. The van der Waals surface area contributed by atoms with Gasteiger partial charge in [-0.25, -0.2) is 0 Å². The molecular formula is C16H21N. The van der Waals surface area contributed by atoms with Crippen LogP contribution in [-0.4, -0.2) is 11.4 Å². The predicted octanol–water partition coefficient (Wildman–Crippen LogP) is 4.13. The highest BCUT2D eigenvalue weighted by Crippen LogP contribution is 2.20. The van der Waals surface area contributed by atoms with Gasteiger partial charge in [0.15, 0.2) is 0 Å². The first kappa shape index (κ1) is 12.0. The summed E-state index contributed by atoms with van der Waals surface area (Å²) in [7, 11) is 0. The van der Waals surface area contributed by atoms with Gasteiger partial charge in [0, 0.05) is 13.1 Å². The molecule has 1 aromatic carbocycles. The molecule has 90 valence electrons. The Bertz CT molecular complexity index is 410. The molecule has 0 atom stereocenters. The van der Waals surface area contributed by atoms with E-state index in [0.717, 1.165) is 13.0 Å². The number of hydrogen-bond donors (Lipinski definition) is 0. The second kappa shape index (κ2) is 5.72. The van der Waals surface area contributed by atoms with Crippen LogP contribution in [0, 0.1) is 0 Å². The normalized spacial score (nSPS) is 14.7. The van der Waals surface area contributed by atoms with Gasteiger partial charge in [-0.15, -0.1) is 0 Å². The number of benzene rings is 1. The molecule has 0 bridgehead atoms. The van der Waals surface area contributed by atoms with E-state index in [1.54, 1.807) is 5.57 Å². The molecule has 0 amide bonds. The average molecular weight is 227 g/mol. The maximum absolute atomic E-state index is 2.42. The van der Waals surface area contributed by atoms with E-state index in [4.69, 9.17) is 0 Å². The first-order chi connectivity index (χ1) is 8.24. The number of allylic oxidation sites excluding steroid dienone is 2. The monoisotopic (exact) mass is 227 g/mol. The maximum atomic E-state index is 2.42. The third-order valence-electron chi connectivity index (χ3n) is 3.09. The molecule has 1 nitrogen and oxygen atoms in total. The molecule has 1 aromatic rings. The van der Waals surface area contributed by atoms with E-state index >= 15 is 0 Å². The zero-order chi connectivity index (χ0) is 12.1. The lowest BCUT2D eigenvalue weighted by Gasteiger charge is -2.14. The van der Waals surface area contributed by atoms with Crippen molar-refractivity contribution >= 4 is 0 Å². The van der Waals surface area contributed by atoms with Gasteiger partial charge in [0.05, 0.1) is 0 Å². The number of nitrogens with zero attached hydrogens (tertiary/aromatic N) is 1. The molecule has 2 rings (SSSR count). The van der Waals surface area contributed by atoms with Crippen molar-refractivity contribution in [3.8, 4) is 0 Å². The lowest BCUT2D eigenvalue weighted by Crippen LogP contribution is -2.13. The molecule has 1 heterocycles. The molecule has 0 saturated carbocycles. The zero-order valence-corrected chi connectivity index (χ0v) is 10.8. The summed E-state index contributed by atoms with van der Waals surface area (Å²) >= 11 is 0. The van der Waals surface area contributed by atoms with Gasteiger partial charge in [0.2, 0.25) is 0 Å². The molecule has 17 heavy (non-hydrogen) atoms. The Labute approximate surface area is 104 Å². The first-order valence-electron chi connectivity index (χ1n) is 6.35. The minimum Gasteiger partial charge on any atom is -0.373 e. The van der Waals surface area contributed by atoms with Gasteiger partial charge in [-0.1, -0.05) is 42.0 Å². The molecule has 0 aromatic heterocycles. The van der Waals surface area contributed by atoms with Crippen LogP contribution in [0.25, 0.3) is 0 Å². The van der Waals surface area contributed by atoms with Crippen molar-refractivity contribution in [1.29, 1.82) is 0 Å². The van der Waals surface area contributed by atoms with Crippen LogP contribution < -0.4 is 0 Å². The second-order valence-corrected chi connectivity index (χ2v) is 4.98. The van der Waals surface area contributed by atoms with E-state index in [1.165, 1.54) is 24.1 Å². The van der Waals surface area contributed by atoms with Crippen LogP contribution >= 0.6 is 0 Å². The smallest absolute Gasteiger partial charge is 0.0424 e. The molecule has 0 fully saturated rings. The Balaban J connectivity index is 1.90. The summed E-state index contributed by atoms with van der Waals surface area (Å²) < 4.78 is 0. The van der Waals surface area contributed by atoms with Crippen molar-refractivity contribution in [3.63, 3.8) is 0 Å². The van der Waals surface area contributed by atoms with Crippen molar-refractivity contribution in [2.75, 3.05) is 6.54 Å². The average Bonchev–Trinajstić information content (AvgIpc) is 2.75. The van der Waals surface area contributed by atoms with Crippen molar-refractivity contribution < 1.29 is 0 Å². The third kappa shape index (κ3) is 3.77. The fraction of sp³-hybridized carbons (Fsp3) is 0.375. The fourth-order valence-electron chi connectivity index (χ4n) is 2.11. The Morgan fingerprint density at radius 1 is 1.24 bits per heavy atom. The molecular weight excluding hydrogens is 206 g/mol. The minimum absolute atomic E-state index is 1.04. The van der Waals surface area contributed by atoms with E-state index in [-0.39, 0.29) is 0 Å². The van der Waals surface area contributed by atoms with Gasteiger partial charge in [-0.3, -0.25) is 0 Å². The Morgan fingerprint density at radius 3 is 2.71 bits per heavy atom. The molecule has 1 aliphatic heterocycles. The predicted molar refractivity (Wildman–Crippen MR) is 73.6 cm³/mol. The van der Waals surface area contributed by atoms with Crippen LogP contribution in [0.2, 0.25) is 0 Å². The molecule has 1 aliphatic rings. The largest absolute Gasteiger partial charge is 0.373 e.